The van der Waals surface area contributed by atoms with Crippen molar-refractivity contribution in [3.63, 3.8) is 0 Å². The Morgan fingerprint density at radius 3 is 2.81 bits per heavy atom. The summed E-state index contributed by atoms with van der Waals surface area (Å²) in [5, 5.41) is 11.7. The van der Waals surface area contributed by atoms with Gasteiger partial charge in [-0.3, -0.25) is 4.90 Å². The molecule has 1 saturated heterocycles. The van der Waals surface area contributed by atoms with Crippen LogP contribution < -0.4 is 5.32 Å². The Labute approximate surface area is 96.1 Å². The summed E-state index contributed by atoms with van der Waals surface area (Å²) in [6, 6.07) is 0. The zero-order chi connectivity index (χ0) is 11.8. The minimum absolute atomic E-state index is 0.636. The molecule has 5 heteroatoms. The van der Waals surface area contributed by atoms with Crippen molar-refractivity contribution in [2.75, 3.05) is 45.9 Å². The number of hydrogen-bond donors (Lipinski definition) is 2. The van der Waals surface area contributed by atoms with Gasteiger partial charge in [0.25, 0.3) is 0 Å². The van der Waals surface area contributed by atoms with Crippen LogP contribution >= 0.6 is 0 Å². The van der Waals surface area contributed by atoms with Crippen molar-refractivity contribution < 1.29 is 14.6 Å². The first-order chi connectivity index (χ1) is 7.68. The number of carboxylic acids is 1. The summed E-state index contributed by atoms with van der Waals surface area (Å²) in [4.78, 5) is 12.7. The second-order valence-corrected chi connectivity index (χ2v) is 3.96. The van der Waals surface area contributed by atoms with Gasteiger partial charge >= 0.3 is 5.97 Å². The van der Waals surface area contributed by atoms with E-state index >= 15 is 0 Å². The Kier molecular flexibility index (Phi) is 6.07. The first-order valence-corrected chi connectivity index (χ1v) is 5.59. The van der Waals surface area contributed by atoms with E-state index in [0.717, 1.165) is 45.0 Å². The van der Waals surface area contributed by atoms with Gasteiger partial charge in [0, 0.05) is 38.8 Å². The molecule has 0 aromatic heterocycles. The highest BCUT2D eigenvalue weighted by molar-refractivity contribution is 5.80. The Morgan fingerprint density at radius 1 is 1.50 bits per heavy atom. The average Bonchev–Trinajstić information content (AvgIpc) is 2.25. The molecule has 1 aliphatic rings. The van der Waals surface area contributed by atoms with E-state index in [9.17, 15) is 4.79 Å². The lowest BCUT2D eigenvalue weighted by atomic mass is 10.3. The Hall–Kier alpha value is -0.910. The van der Waals surface area contributed by atoms with Crippen LogP contribution in [0.25, 0.3) is 0 Å². The lowest BCUT2D eigenvalue weighted by molar-refractivity contribution is -0.131. The summed E-state index contributed by atoms with van der Waals surface area (Å²) in [7, 11) is 0. The van der Waals surface area contributed by atoms with Crippen molar-refractivity contribution in [1.29, 1.82) is 0 Å². The number of nitrogens with one attached hydrogen (secondary N) is 1. The number of morpholine rings is 1. The van der Waals surface area contributed by atoms with Crippen molar-refractivity contribution >= 4 is 5.97 Å². The largest absolute Gasteiger partial charge is 0.478 e. The van der Waals surface area contributed by atoms with E-state index in [1.807, 2.05) is 6.92 Å². The highest BCUT2D eigenvalue weighted by Crippen LogP contribution is 1.95. The van der Waals surface area contributed by atoms with Crippen LogP contribution in [0.5, 0.6) is 0 Å². The molecule has 0 atom stereocenters. The van der Waals surface area contributed by atoms with Crippen molar-refractivity contribution in [3.8, 4) is 0 Å². The summed E-state index contributed by atoms with van der Waals surface area (Å²) in [6.07, 6.45) is 1.24. The molecule has 0 amide bonds. The van der Waals surface area contributed by atoms with Crippen molar-refractivity contribution in [1.82, 2.24) is 10.2 Å². The van der Waals surface area contributed by atoms with Crippen LogP contribution in [0.15, 0.2) is 11.6 Å². The minimum atomic E-state index is -0.882. The van der Waals surface area contributed by atoms with Gasteiger partial charge in [-0.05, 0) is 6.92 Å². The number of ether oxygens (including phenoxy) is 1. The maximum absolute atomic E-state index is 10.4. The Balaban J connectivity index is 2.04. The lowest BCUT2D eigenvalue weighted by Crippen LogP contribution is -2.40. The number of rotatable bonds is 6. The first-order valence-electron chi connectivity index (χ1n) is 5.59. The maximum Gasteiger partial charge on any atom is 0.328 e. The minimum Gasteiger partial charge on any atom is -0.478 e. The SMILES string of the molecule is CC(=CC(=O)O)CNCCN1CCOCC1. The topological polar surface area (TPSA) is 61.8 Å². The van der Waals surface area contributed by atoms with Gasteiger partial charge in [0.1, 0.15) is 0 Å². The fourth-order valence-corrected chi connectivity index (χ4v) is 1.61. The third-order valence-corrected chi connectivity index (χ3v) is 2.48. The quantitative estimate of drug-likeness (QED) is 0.492. The highest BCUT2D eigenvalue weighted by atomic mass is 16.5. The molecule has 1 aliphatic heterocycles. The third-order valence-electron chi connectivity index (χ3n) is 2.48. The predicted octanol–water partition coefficient (Wildman–Crippen LogP) is -0.0609. The molecule has 0 spiro atoms. The lowest BCUT2D eigenvalue weighted by Gasteiger charge is -2.26. The molecule has 92 valence electrons. The molecule has 0 radical (unpaired) electrons. The average molecular weight is 228 g/mol. The van der Waals surface area contributed by atoms with Gasteiger partial charge in [-0.2, -0.15) is 0 Å². The van der Waals surface area contributed by atoms with E-state index in [1.54, 1.807) is 0 Å². The Morgan fingerprint density at radius 2 is 2.19 bits per heavy atom. The Bertz CT molecular complexity index is 248. The van der Waals surface area contributed by atoms with Crippen LogP contribution in [0, 0.1) is 0 Å². The number of nitrogens with zero attached hydrogens (tertiary/aromatic N) is 1. The van der Waals surface area contributed by atoms with E-state index in [4.69, 9.17) is 9.84 Å². The van der Waals surface area contributed by atoms with Crippen LogP contribution in [-0.2, 0) is 9.53 Å². The molecule has 5 nitrogen and oxygen atoms in total. The predicted molar refractivity (Wildman–Crippen MR) is 61.5 cm³/mol. The standard InChI is InChI=1S/C11H20N2O3/c1-10(8-11(14)15)9-12-2-3-13-4-6-16-7-5-13/h8,12H,2-7,9H2,1H3,(H,14,15). The van der Waals surface area contributed by atoms with Gasteiger partial charge in [0.2, 0.25) is 0 Å². The molecular weight excluding hydrogens is 208 g/mol. The zero-order valence-electron chi connectivity index (χ0n) is 9.74. The van der Waals surface area contributed by atoms with Crippen LogP contribution in [-0.4, -0.2) is 61.9 Å². The molecule has 0 aromatic carbocycles. The second kappa shape index (κ2) is 7.38. The summed E-state index contributed by atoms with van der Waals surface area (Å²) < 4.78 is 5.25. The number of hydrogen-bond acceptors (Lipinski definition) is 4. The van der Waals surface area contributed by atoms with Gasteiger partial charge < -0.3 is 15.2 Å². The summed E-state index contributed by atoms with van der Waals surface area (Å²) in [5.41, 5.74) is 0.842. The summed E-state index contributed by atoms with van der Waals surface area (Å²) in [6.45, 7) is 7.94. The maximum atomic E-state index is 10.4. The van der Waals surface area contributed by atoms with Gasteiger partial charge in [-0.1, -0.05) is 5.57 Å². The van der Waals surface area contributed by atoms with Gasteiger partial charge in [-0.15, -0.1) is 0 Å². The molecule has 0 aliphatic carbocycles. The normalized spacial score (nSPS) is 18.7. The molecule has 1 fully saturated rings. The molecule has 0 bridgehead atoms. The van der Waals surface area contributed by atoms with E-state index < -0.39 is 5.97 Å². The van der Waals surface area contributed by atoms with Crippen molar-refractivity contribution in [3.05, 3.63) is 11.6 Å². The monoisotopic (exact) mass is 228 g/mol. The van der Waals surface area contributed by atoms with E-state index in [2.05, 4.69) is 10.2 Å². The van der Waals surface area contributed by atoms with Gasteiger partial charge in [-0.25, -0.2) is 4.79 Å². The molecule has 0 saturated carbocycles. The van der Waals surface area contributed by atoms with Crippen LogP contribution in [0.4, 0.5) is 0 Å². The smallest absolute Gasteiger partial charge is 0.328 e. The van der Waals surface area contributed by atoms with Gasteiger partial charge in [0.05, 0.1) is 13.2 Å². The fourth-order valence-electron chi connectivity index (χ4n) is 1.61. The first kappa shape index (κ1) is 13.2. The fraction of sp³-hybridized carbons (Fsp3) is 0.727. The molecule has 16 heavy (non-hydrogen) atoms. The summed E-state index contributed by atoms with van der Waals surface area (Å²) >= 11 is 0. The van der Waals surface area contributed by atoms with E-state index in [-0.39, 0.29) is 0 Å². The molecule has 1 heterocycles. The van der Waals surface area contributed by atoms with Crippen LogP contribution in [0.1, 0.15) is 6.92 Å². The number of carbonyl (C=O) groups is 1. The molecule has 0 aromatic rings. The molecule has 1 rings (SSSR count). The van der Waals surface area contributed by atoms with E-state index in [1.165, 1.54) is 6.08 Å². The van der Waals surface area contributed by atoms with Crippen LogP contribution in [0.3, 0.4) is 0 Å². The van der Waals surface area contributed by atoms with Crippen molar-refractivity contribution in [2.24, 2.45) is 0 Å². The third kappa shape index (κ3) is 5.85. The molecule has 2 N–H and O–H groups in total. The highest BCUT2D eigenvalue weighted by Gasteiger charge is 2.08. The number of carboxylic acid groups (broad SMARTS) is 1. The van der Waals surface area contributed by atoms with Crippen LogP contribution in [0.2, 0.25) is 0 Å². The van der Waals surface area contributed by atoms with Gasteiger partial charge in [0.15, 0.2) is 0 Å². The second-order valence-electron chi connectivity index (χ2n) is 3.96. The molecule has 0 unspecified atom stereocenters. The van der Waals surface area contributed by atoms with E-state index in [0.29, 0.717) is 6.54 Å². The number of aliphatic carboxylic acids is 1. The zero-order valence-corrected chi connectivity index (χ0v) is 9.74. The summed E-state index contributed by atoms with van der Waals surface area (Å²) in [5.74, 6) is -0.882. The van der Waals surface area contributed by atoms with Crippen molar-refractivity contribution in [2.45, 2.75) is 6.92 Å². The molecular formula is C11H20N2O3.